The topological polar surface area (TPSA) is 127 Å². The molecule has 0 saturated carbocycles. The first-order chi connectivity index (χ1) is 13.2. The van der Waals surface area contributed by atoms with Gasteiger partial charge in [0.25, 0.3) is 5.69 Å². The molecular formula is C18H20N2O7S. The van der Waals surface area contributed by atoms with Crippen molar-refractivity contribution in [2.45, 2.75) is 30.4 Å². The second-order valence-electron chi connectivity index (χ2n) is 6.62. The number of piperidine rings is 1. The normalized spacial score (nSPS) is 26.6. The van der Waals surface area contributed by atoms with E-state index in [2.05, 4.69) is 0 Å². The molecule has 1 N–H and O–H groups in total. The summed E-state index contributed by atoms with van der Waals surface area (Å²) in [4.78, 5) is 22.1. The number of carbonyl (C=O) groups is 1. The molecule has 1 heterocycles. The molecule has 1 saturated heterocycles. The van der Waals surface area contributed by atoms with Gasteiger partial charge in [0.05, 0.1) is 29.1 Å². The van der Waals surface area contributed by atoms with Crippen LogP contribution in [0.25, 0.3) is 0 Å². The molecule has 3 atom stereocenters. The summed E-state index contributed by atoms with van der Waals surface area (Å²) in [5, 5.41) is 21.3. The number of hydrogen-bond donors (Lipinski definition) is 1. The van der Waals surface area contributed by atoms with Gasteiger partial charge < -0.3 is 9.84 Å². The summed E-state index contributed by atoms with van der Waals surface area (Å²) < 4.78 is 32.3. The van der Waals surface area contributed by atoms with Crippen molar-refractivity contribution in [2.24, 2.45) is 5.92 Å². The summed E-state index contributed by atoms with van der Waals surface area (Å²) in [5.41, 5.74) is 0.840. The Kier molecular flexibility index (Phi) is 5.37. The summed E-state index contributed by atoms with van der Waals surface area (Å²) in [5.74, 6) is -0.873. The minimum Gasteiger partial charge on any atom is -0.466 e. The average Bonchev–Trinajstić information content (AvgIpc) is 2.69. The van der Waals surface area contributed by atoms with E-state index in [1.54, 1.807) is 13.0 Å². The Morgan fingerprint density at radius 2 is 2.00 bits per heavy atom. The van der Waals surface area contributed by atoms with E-state index >= 15 is 0 Å². The Morgan fingerprint density at radius 1 is 1.36 bits per heavy atom. The lowest BCUT2D eigenvalue weighted by molar-refractivity contribution is -0.384. The fourth-order valence-corrected chi connectivity index (χ4v) is 5.36. The van der Waals surface area contributed by atoms with Crippen LogP contribution in [0.15, 0.2) is 52.5 Å². The van der Waals surface area contributed by atoms with Crippen LogP contribution in [0.2, 0.25) is 0 Å². The highest BCUT2D eigenvalue weighted by Crippen LogP contribution is 2.41. The van der Waals surface area contributed by atoms with Crippen molar-refractivity contribution in [1.82, 2.24) is 4.31 Å². The van der Waals surface area contributed by atoms with Crippen molar-refractivity contribution in [3.8, 4) is 0 Å². The monoisotopic (exact) mass is 408 g/mol. The Balaban J connectivity index is 2.00. The van der Waals surface area contributed by atoms with Crippen LogP contribution in [0.1, 0.15) is 13.3 Å². The number of rotatable bonds is 4. The van der Waals surface area contributed by atoms with E-state index in [4.69, 9.17) is 4.74 Å². The number of methoxy groups -OCH3 is 1. The predicted molar refractivity (Wildman–Crippen MR) is 98.7 cm³/mol. The lowest BCUT2D eigenvalue weighted by Crippen LogP contribution is -2.54. The first kappa shape index (κ1) is 20.2. The maximum absolute atomic E-state index is 13.2. The molecule has 1 fully saturated rings. The summed E-state index contributed by atoms with van der Waals surface area (Å²) in [6.07, 6.45) is 2.18. The maximum atomic E-state index is 13.2. The lowest BCUT2D eigenvalue weighted by atomic mass is 9.76. The second-order valence-corrected chi connectivity index (χ2v) is 8.52. The molecule has 10 heteroatoms. The molecular weight excluding hydrogens is 388 g/mol. The zero-order valence-electron chi connectivity index (χ0n) is 15.3. The van der Waals surface area contributed by atoms with Gasteiger partial charge in [-0.15, -0.1) is 0 Å². The second kappa shape index (κ2) is 7.46. The van der Waals surface area contributed by atoms with Crippen LogP contribution in [-0.2, 0) is 19.6 Å². The molecule has 9 nitrogen and oxygen atoms in total. The number of nitro benzene ring substituents is 1. The van der Waals surface area contributed by atoms with Gasteiger partial charge in [0, 0.05) is 30.2 Å². The summed E-state index contributed by atoms with van der Waals surface area (Å²) >= 11 is 0. The summed E-state index contributed by atoms with van der Waals surface area (Å²) in [6, 6.07) is 3.87. The van der Waals surface area contributed by atoms with Gasteiger partial charge in [0.2, 0.25) is 10.0 Å². The Bertz CT molecular complexity index is 966. The molecule has 0 radical (unpaired) electrons. The molecule has 1 aliphatic carbocycles. The van der Waals surface area contributed by atoms with Gasteiger partial charge in [-0.25, -0.2) is 13.2 Å². The number of hydrogen-bond acceptors (Lipinski definition) is 7. The van der Waals surface area contributed by atoms with Crippen molar-refractivity contribution in [3.63, 3.8) is 0 Å². The largest absolute Gasteiger partial charge is 0.466 e. The Morgan fingerprint density at radius 3 is 2.54 bits per heavy atom. The number of aliphatic hydroxyl groups excluding tert-OH is 1. The third-order valence-electron chi connectivity index (χ3n) is 5.20. The number of nitro groups is 1. The van der Waals surface area contributed by atoms with E-state index in [1.807, 2.05) is 0 Å². The van der Waals surface area contributed by atoms with Gasteiger partial charge in [-0.1, -0.05) is 11.6 Å². The van der Waals surface area contributed by atoms with E-state index in [0.29, 0.717) is 5.57 Å². The molecule has 0 amide bonds. The first-order valence-electron chi connectivity index (χ1n) is 8.60. The number of fused-ring (bicyclic) bond motifs is 2. The smallest absolute Gasteiger partial charge is 0.334 e. The zero-order valence-corrected chi connectivity index (χ0v) is 16.1. The number of benzene rings is 1. The first-order valence-corrected chi connectivity index (χ1v) is 10.0. The molecule has 150 valence electrons. The summed E-state index contributed by atoms with van der Waals surface area (Å²) in [7, 11) is -2.75. The van der Waals surface area contributed by atoms with Crippen LogP contribution < -0.4 is 0 Å². The van der Waals surface area contributed by atoms with Gasteiger partial charge in [0.15, 0.2) is 0 Å². The predicted octanol–water partition coefficient (Wildman–Crippen LogP) is 1.39. The van der Waals surface area contributed by atoms with Gasteiger partial charge in [-0.2, -0.15) is 4.31 Å². The van der Waals surface area contributed by atoms with Crippen molar-refractivity contribution < 1.29 is 28.0 Å². The van der Waals surface area contributed by atoms with Crippen LogP contribution in [0.5, 0.6) is 0 Å². The fraction of sp³-hybridized carbons (Fsp3) is 0.389. The minimum absolute atomic E-state index is 0.0105. The van der Waals surface area contributed by atoms with Crippen molar-refractivity contribution in [3.05, 3.63) is 57.7 Å². The molecule has 28 heavy (non-hydrogen) atoms. The molecule has 1 aromatic carbocycles. The minimum atomic E-state index is -4.01. The van der Waals surface area contributed by atoms with Gasteiger partial charge >= 0.3 is 5.97 Å². The van der Waals surface area contributed by atoms with E-state index in [-0.39, 0.29) is 29.5 Å². The van der Waals surface area contributed by atoms with Crippen molar-refractivity contribution >= 4 is 21.7 Å². The number of aliphatic hydroxyl groups is 1. The third kappa shape index (κ3) is 3.34. The molecule has 0 unspecified atom stereocenters. The number of nitrogens with zero attached hydrogens (tertiary/aromatic N) is 2. The van der Waals surface area contributed by atoms with E-state index in [9.17, 15) is 28.4 Å². The molecule has 2 aliphatic rings. The van der Waals surface area contributed by atoms with E-state index in [0.717, 1.165) is 17.7 Å². The number of esters is 1. The van der Waals surface area contributed by atoms with Crippen LogP contribution in [0.4, 0.5) is 5.69 Å². The van der Waals surface area contributed by atoms with Crippen LogP contribution in [0, 0.1) is 16.0 Å². The molecule has 0 aromatic heterocycles. The van der Waals surface area contributed by atoms with E-state index < -0.39 is 33.1 Å². The molecule has 1 aliphatic heterocycles. The molecule has 2 bridgehead atoms. The van der Waals surface area contributed by atoms with Crippen molar-refractivity contribution in [2.75, 3.05) is 13.7 Å². The molecule has 1 aromatic rings. The quantitative estimate of drug-likeness (QED) is 0.345. The van der Waals surface area contributed by atoms with Crippen molar-refractivity contribution in [1.29, 1.82) is 0 Å². The number of sulfonamides is 1. The Hall–Kier alpha value is -2.56. The highest BCUT2D eigenvalue weighted by Gasteiger charge is 2.46. The average molecular weight is 408 g/mol. The number of carbonyl (C=O) groups excluding carboxylic acids is 1. The third-order valence-corrected chi connectivity index (χ3v) is 7.08. The lowest BCUT2D eigenvalue weighted by Gasteiger charge is -2.44. The van der Waals surface area contributed by atoms with Crippen LogP contribution >= 0.6 is 0 Å². The Labute approximate surface area is 162 Å². The molecule has 3 rings (SSSR count). The highest BCUT2D eigenvalue weighted by atomic mass is 32.2. The van der Waals surface area contributed by atoms with Gasteiger partial charge in [-0.3, -0.25) is 10.1 Å². The fourth-order valence-electron chi connectivity index (χ4n) is 3.72. The number of allylic oxidation sites excluding steroid dienone is 1. The maximum Gasteiger partial charge on any atom is 0.334 e. The number of ether oxygens (including phenoxy) is 1. The van der Waals surface area contributed by atoms with Gasteiger partial charge in [-0.05, 0) is 31.6 Å². The number of non-ortho nitro benzene ring substituents is 1. The van der Waals surface area contributed by atoms with E-state index in [1.165, 1.54) is 29.6 Å². The SMILES string of the molecule is C/C=C1/CN(S(=O)(=O)c2ccc([N+](=O)[O-])cc2)[C@H]2C[C@@H]1C(C(=O)OC)=C[C@@H]2O. The van der Waals surface area contributed by atoms with Gasteiger partial charge in [0.1, 0.15) is 0 Å². The van der Waals surface area contributed by atoms with Crippen LogP contribution in [-0.4, -0.2) is 54.5 Å². The highest BCUT2D eigenvalue weighted by molar-refractivity contribution is 7.89. The standard InChI is InChI=1S/C18H20N2O7S/c1-3-11-10-19(16-8-14(11)15(9-17(16)21)18(22)27-2)28(25,26)13-6-4-12(5-7-13)20(23)24/h3-7,9,14,16-17,21H,8,10H2,1-2H3/b11-3-/t14-,16-,17-/m0/s1. The molecule has 0 spiro atoms. The summed E-state index contributed by atoms with van der Waals surface area (Å²) in [6.45, 7) is 1.77. The zero-order chi connectivity index (χ0) is 20.6. The van der Waals surface area contributed by atoms with Crippen LogP contribution in [0.3, 0.4) is 0 Å².